The number of nitriles is 2. The van der Waals surface area contributed by atoms with E-state index >= 15 is 0 Å². The van der Waals surface area contributed by atoms with Gasteiger partial charge in [-0.2, -0.15) is 10.5 Å². The second-order valence-corrected chi connectivity index (χ2v) is 10.7. The Balaban J connectivity index is 1.44. The fourth-order valence-corrected chi connectivity index (χ4v) is 6.09. The molecule has 0 radical (unpaired) electrons. The minimum absolute atomic E-state index is 0.0537. The van der Waals surface area contributed by atoms with Gasteiger partial charge in [-0.15, -0.1) is 34.4 Å². The number of carbonyl (C=O) groups is 1. The number of hydrogen-bond donors (Lipinski definition) is 2. The first kappa shape index (κ1) is 25.0. The number of nitrogen functional groups attached to an aromatic ring is 1. The molecular weight excluding hydrogens is 543 g/mol. The summed E-state index contributed by atoms with van der Waals surface area (Å²) in [7, 11) is 0. The van der Waals surface area contributed by atoms with Crippen LogP contribution in [0, 0.1) is 22.7 Å². The third-order valence-corrected chi connectivity index (χ3v) is 7.88. The molecule has 35 heavy (non-hydrogen) atoms. The highest BCUT2D eigenvalue weighted by Crippen LogP contribution is 2.38. The van der Waals surface area contributed by atoms with Crippen molar-refractivity contribution in [3.63, 3.8) is 0 Å². The van der Waals surface area contributed by atoms with Crippen molar-refractivity contribution < 1.29 is 4.79 Å². The number of thioether (sulfide) groups is 1. The van der Waals surface area contributed by atoms with Gasteiger partial charge in [0.05, 0.1) is 16.3 Å². The second kappa shape index (κ2) is 11.1. The Labute approximate surface area is 223 Å². The molecule has 4 aromatic rings. The van der Waals surface area contributed by atoms with E-state index in [4.69, 9.17) is 28.9 Å². The van der Waals surface area contributed by atoms with E-state index in [1.165, 1.54) is 34.4 Å². The lowest BCUT2D eigenvalue weighted by Crippen LogP contribution is -2.12. The topological polar surface area (TPSA) is 128 Å². The highest BCUT2D eigenvalue weighted by Gasteiger charge is 2.21. The number of amides is 1. The Morgan fingerprint density at radius 1 is 1.14 bits per heavy atom. The molecule has 7 nitrogen and oxygen atoms in total. The Morgan fingerprint density at radius 2 is 1.94 bits per heavy atom. The molecule has 0 spiro atoms. The molecule has 0 aliphatic carbocycles. The largest absolute Gasteiger partial charge is 0.383 e. The number of nitrogens with two attached hydrogens (primary N) is 1. The van der Waals surface area contributed by atoms with Crippen molar-refractivity contribution in [1.29, 1.82) is 10.5 Å². The minimum Gasteiger partial charge on any atom is -0.383 e. The molecule has 174 valence electrons. The number of anilines is 2. The van der Waals surface area contributed by atoms with E-state index in [-0.39, 0.29) is 29.3 Å². The van der Waals surface area contributed by atoms with Gasteiger partial charge in [0.25, 0.3) is 0 Å². The number of hydrogen-bond acceptors (Lipinski definition) is 9. The number of thiazole rings is 1. The summed E-state index contributed by atoms with van der Waals surface area (Å²) in [5.74, 6) is 0.168. The van der Waals surface area contributed by atoms with Crippen molar-refractivity contribution in [2.75, 3.05) is 16.8 Å². The smallest absolute Gasteiger partial charge is 0.226 e. The quantitative estimate of drug-likeness (QED) is 0.242. The van der Waals surface area contributed by atoms with E-state index in [0.29, 0.717) is 37.2 Å². The average molecular weight is 558 g/mol. The van der Waals surface area contributed by atoms with E-state index in [1.807, 2.05) is 23.6 Å². The van der Waals surface area contributed by atoms with Crippen LogP contribution in [0.25, 0.3) is 21.7 Å². The molecule has 0 aliphatic rings. The van der Waals surface area contributed by atoms with Crippen LogP contribution in [-0.2, 0) is 4.79 Å². The molecule has 12 heteroatoms. The van der Waals surface area contributed by atoms with Gasteiger partial charge in [-0.25, -0.2) is 9.97 Å². The second-order valence-electron chi connectivity index (χ2n) is 6.94. The van der Waals surface area contributed by atoms with Crippen molar-refractivity contribution >= 4 is 74.5 Å². The number of nitrogens with zero attached hydrogens (tertiary/aromatic N) is 4. The summed E-state index contributed by atoms with van der Waals surface area (Å²) in [6.45, 7) is 0. The Morgan fingerprint density at radius 3 is 2.63 bits per heavy atom. The highest BCUT2D eigenvalue weighted by atomic mass is 35.5. The number of halogens is 2. The summed E-state index contributed by atoms with van der Waals surface area (Å²) >= 11 is 16.1. The molecule has 0 unspecified atom stereocenters. The van der Waals surface area contributed by atoms with Crippen molar-refractivity contribution in [3.8, 4) is 33.8 Å². The molecule has 1 amide bonds. The predicted octanol–water partition coefficient (Wildman–Crippen LogP) is 6.69. The van der Waals surface area contributed by atoms with Gasteiger partial charge in [0.2, 0.25) is 5.91 Å². The van der Waals surface area contributed by atoms with Crippen molar-refractivity contribution in [1.82, 2.24) is 9.97 Å². The zero-order valence-corrected chi connectivity index (χ0v) is 21.7. The van der Waals surface area contributed by atoms with E-state index in [9.17, 15) is 15.3 Å². The molecule has 1 aromatic carbocycles. The van der Waals surface area contributed by atoms with Gasteiger partial charge in [0, 0.05) is 38.6 Å². The third-order valence-electron chi connectivity index (χ3n) is 4.71. The molecule has 0 aliphatic heterocycles. The zero-order chi connectivity index (χ0) is 24.9. The van der Waals surface area contributed by atoms with E-state index in [1.54, 1.807) is 23.6 Å². The van der Waals surface area contributed by atoms with E-state index in [2.05, 4.69) is 21.4 Å². The number of pyridine rings is 1. The molecule has 3 heterocycles. The first-order chi connectivity index (χ1) is 16.9. The predicted molar refractivity (Wildman–Crippen MR) is 143 cm³/mol. The van der Waals surface area contributed by atoms with Crippen molar-refractivity contribution in [3.05, 3.63) is 62.3 Å². The summed E-state index contributed by atoms with van der Waals surface area (Å²) in [6.07, 6.45) is 0.155. The fourth-order valence-electron chi connectivity index (χ4n) is 3.14. The summed E-state index contributed by atoms with van der Waals surface area (Å²) in [5.41, 5.74) is 8.29. The van der Waals surface area contributed by atoms with Crippen molar-refractivity contribution in [2.24, 2.45) is 0 Å². The lowest BCUT2D eigenvalue weighted by molar-refractivity contribution is -0.115. The third kappa shape index (κ3) is 5.59. The summed E-state index contributed by atoms with van der Waals surface area (Å²) < 4.78 is 0. The molecule has 4 rings (SSSR count). The lowest BCUT2D eigenvalue weighted by Gasteiger charge is -2.11. The van der Waals surface area contributed by atoms with Crippen LogP contribution in [0.3, 0.4) is 0 Å². The van der Waals surface area contributed by atoms with Crippen LogP contribution < -0.4 is 11.1 Å². The SMILES string of the molecule is N#Cc1c(N)nc(SCCC(=O)Nc2nc(-c3ccc(Cl)cc3Cl)cs2)c(C#N)c1-c1cccs1. The molecule has 0 fully saturated rings. The minimum atomic E-state index is -0.237. The van der Waals surface area contributed by atoms with Crippen LogP contribution in [0.4, 0.5) is 10.9 Å². The molecule has 3 N–H and O–H groups in total. The highest BCUT2D eigenvalue weighted by molar-refractivity contribution is 7.99. The Bertz CT molecular complexity index is 1490. The first-order valence-electron chi connectivity index (χ1n) is 9.92. The standard InChI is InChI=1S/C23H14Cl2N6OS3/c24-12-3-4-13(16(25)8-12)17-11-35-23(29-17)30-19(32)5-7-34-22-15(10-27)20(18-2-1-6-33-18)14(9-26)21(28)31-22/h1-4,6,8,11H,5,7H2,(H2,28,31)(H,29,30,32). The van der Waals surface area contributed by atoms with Gasteiger partial charge < -0.3 is 11.1 Å². The van der Waals surface area contributed by atoms with Crippen LogP contribution in [0.2, 0.25) is 10.0 Å². The number of rotatable bonds is 7. The summed E-state index contributed by atoms with van der Waals surface area (Å²) in [5, 5.41) is 27.6. The number of thiophene rings is 1. The molecule has 0 saturated carbocycles. The van der Waals surface area contributed by atoms with Crippen LogP contribution in [-0.4, -0.2) is 21.6 Å². The summed E-state index contributed by atoms with van der Waals surface area (Å²) in [6, 6.07) is 13.0. The normalized spacial score (nSPS) is 10.5. The van der Waals surface area contributed by atoms with E-state index in [0.717, 1.165) is 10.4 Å². The maximum absolute atomic E-state index is 12.5. The van der Waals surface area contributed by atoms with Gasteiger partial charge in [-0.05, 0) is 29.6 Å². The molecule has 0 atom stereocenters. The number of benzene rings is 1. The number of carbonyl (C=O) groups excluding carboxylic acids is 1. The van der Waals surface area contributed by atoms with Gasteiger partial charge in [-0.1, -0.05) is 29.3 Å². The maximum Gasteiger partial charge on any atom is 0.226 e. The summed E-state index contributed by atoms with van der Waals surface area (Å²) in [4.78, 5) is 21.9. The molecule has 3 aromatic heterocycles. The van der Waals surface area contributed by atoms with Gasteiger partial charge in [-0.3, -0.25) is 4.79 Å². The number of nitrogens with one attached hydrogen (secondary N) is 1. The average Bonchev–Trinajstić information content (AvgIpc) is 3.51. The van der Waals surface area contributed by atoms with Gasteiger partial charge in [0.15, 0.2) is 5.13 Å². The number of aromatic nitrogens is 2. The van der Waals surface area contributed by atoms with Crippen LogP contribution in [0.1, 0.15) is 17.5 Å². The van der Waals surface area contributed by atoms with Gasteiger partial charge >= 0.3 is 0 Å². The fraction of sp³-hybridized carbons (Fsp3) is 0.0870. The zero-order valence-electron chi connectivity index (χ0n) is 17.7. The lowest BCUT2D eigenvalue weighted by atomic mass is 10.0. The molecule has 0 bridgehead atoms. The maximum atomic E-state index is 12.5. The molecule has 0 saturated heterocycles. The van der Waals surface area contributed by atoms with Crippen molar-refractivity contribution in [2.45, 2.75) is 11.4 Å². The van der Waals surface area contributed by atoms with Crippen LogP contribution in [0.15, 0.2) is 46.1 Å². The van der Waals surface area contributed by atoms with Crippen LogP contribution >= 0.6 is 57.6 Å². The van der Waals surface area contributed by atoms with Gasteiger partial charge in [0.1, 0.15) is 28.5 Å². The van der Waals surface area contributed by atoms with E-state index < -0.39 is 0 Å². The monoisotopic (exact) mass is 556 g/mol. The Hall–Kier alpha value is -3.12. The first-order valence-corrected chi connectivity index (χ1v) is 13.4. The molecular formula is C23H14Cl2N6OS3. The Kier molecular flexibility index (Phi) is 7.91. The van der Waals surface area contributed by atoms with Crippen LogP contribution in [0.5, 0.6) is 0 Å².